The number of methoxy groups -OCH3 is 1. The molecule has 1 heterocycles. The fraction of sp³-hybridized carbons (Fsp3) is 0.111. The first-order chi connectivity index (χ1) is 19.6. The highest BCUT2D eigenvalue weighted by Gasteiger charge is 2.36. The van der Waals surface area contributed by atoms with Crippen LogP contribution >= 0.6 is 27.7 Å². The molecule has 0 atom stereocenters. The van der Waals surface area contributed by atoms with Crippen molar-refractivity contribution in [3.05, 3.63) is 91.8 Å². The topological polar surface area (TPSA) is 157 Å². The van der Waals surface area contributed by atoms with E-state index in [0.717, 1.165) is 4.90 Å². The van der Waals surface area contributed by atoms with E-state index in [1.807, 2.05) is 0 Å². The third kappa shape index (κ3) is 7.49. The number of nitrogens with one attached hydrogen (secondary N) is 2. The van der Waals surface area contributed by atoms with Crippen LogP contribution < -0.4 is 20.1 Å². The fourth-order valence-electron chi connectivity index (χ4n) is 3.61. The number of anilines is 2. The van der Waals surface area contributed by atoms with Crippen LogP contribution in [-0.4, -0.2) is 53.0 Å². The quantitative estimate of drug-likeness (QED) is 0.176. The van der Waals surface area contributed by atoms with Gasteiger partial charge in [0.1, 0.15) is 6.54 Å². The molecule has 1 fully saturated rings. The second-order valence-electron chi connectivity index (χ2n) is 8.35. The summed E-state index contributed by atoms with van der Waals surface area (Å²) < 4.78 is 11.6. The first-order valence-corrected chi connectivity index (χ1v) is 13.4. The molecule has 1 aliphatic heterocycles. The Morgan fingerprint density at radius 2 is 1.80 bits per heavy atom. The molecule has 0 saturated carbocycles. The number of para-hydroxylation sites is 1. The van der Waals surface area contributed by atoms with E-state index in [4.69, 9.17) is 9.47 Å². The first kappa shape index (κ1) is 29.3. The minimum Gasteiger partial charge on any atom is -0.493 e. The Balaban J connectivity index is 1.38. The molecule has 0 spiro atoms. The minimum atomic E-state index is -0.612. The van der Waals surface area contributed by atoms with Gasteiger partial charge in [-0.05, 0) is 69.7 Å². The van der Waals surface area contributed by atoms with Crippen LogP contribution in [0.4, 0.5) is 21.9 Å². The lowest BCUT2D eigenvalue weighted by Crippen LogP contribution is -2.36. The van der Waals surface area contributed by atoms with Crippen molar-refractivity contribution in [1.29, 1.82) is 0 Å². The lowest BCUT2D eigenvalue weighted by Gasteiger charge is -2.13. The molecule has 0 bridgehead atoms. The van der Waals surface area contributed by atoms with E-state index in [0.29, 0.717) is 27.5 Å². The number of benzene rings is 3. The summed E-state index contributed by atoms with van der Waals surface area (Å²) in [5.41, 5.74) is 1.10. The van der Waals surface area contributed by atoms with Crippen molar-refractivity contribution < 1.29 is 33.6 Å². The lowest BCUT2D eigenvalue weighted by molar-refractivity contribution is -0.384. The number of thioether (sulfide) groups is 1. The van der Waals surface area contributed by atoms with Gasteiger partial charge in [0.15, 0.2) is 18.1 Å². The van der Waals surface area contributed by atoms with Crippen molar-refractivity contribution >= 4 is 73.8 Å². The number of nitro groups is 1. The number of nitrogens with zero attached hydrogens (tertiary/aromatic N) is 2. The zero-order valence-electron chi connectivity index (χ0n) is 21.3. The van der Waals surface area contributed by atoms with Crippen molar-refractivity contribution in [2.75, 3.05) is 30.9 Å². The van der Waals surface area contributed by atoms with Crippen LogP contribution in [0.15, 0.2) is 76.1 Å². The van der Waals surface area contributed by atoms with E-state index in [2.05, 4.69) is 26.6 Å². The highest BCUT2D eigenvalue weighted by atomic mass is 79.9. The maximum Gasteiger partial charge on any atom is 0.294 e. The Bertz CT molecular complexity index is 1580. The molecule has 3 aromatic carbocycles. The first-order valence-electron chi connectivity index (χ1n) is 11.8. The minimum absolute atomic E-state index is 0.121. The summed E-state index contributed by atoms with van der Waals surface area (Å²) in [6.45, 7) is -0.850. The third-order valence-electron chi connectivity index (χ3n) is 5.51. The molecule has 4 amide bonds. The molecule has 0 aliphatic carbocycles. The van der Waals surface area contributed by atoms with Crippen LogP contribution in [0.25, 0.3) is 6.08 Å². The number of halogens is 1. The summed E-state index contributed by atoms with van der Waals surface area (Å²) >= 11 is 4.03. The SMILES string of the molecule is COc1cc(/C=C2\SC(=O)N(CC(=O)Nc3ccccc3Br)C2=O)ccc1OCC(=O)Nc1cccc([N+](=O)[O-])c1. The van der Waals surface area contributed by atoms with Crippen LogP contribution in [0, 0.1) is 10.1 Å². The summed E-state index contributed by atoms with van der Waals surface area (Å²) in [6.07, 6.45) is 1.48. The summed E-state index contributed by atoms with van der Waals surface area (Å²) in [5, 5.41) is 15.5. The Hall–Kier alpha value is -4.69. The van der Waals surface area contributed by atoms with Crippen molar-refractivity contribution in [2.24, 2.45) is 0 Å². The molecule has 4 rings (SSSR count). The monoisotopic (exact) mass is 640 g/mol. The number of non-ortho nitro benzene ring substituents is 1. The molecule has 0 unspecified atom stereocenters. The summed E-state index contributed by atoms with van der Waals surface area (Å²) in [5.74, 6) is -1.20. The van der Waals surface area contributed by atoms with Gasteiger partial charge in [-0.2, -0.15) is 0 Å². The molecule has 12 nitrogen and oxygen atoms in total. The standard InChI is InChI=1S/C27H21BrN4O8S/c1-39-22-11-16(9-10-21(22)40-15-25(34)29-17-5-4-6-18(13-17)32(37)38)12-23-26(35)31(27(36)41-23)14-24(33)30-20-8-3-2-7-19(20)28/h2-13H,14-15H2,1H3,(H,29,34)(H,30,33)/b23-12-. The van der Waals surface area contributed by atoms with E-state index < -0.39 is 41.0 Å². The number of rotatable bonds is 10. The van der Waals surface area contributed by atoms with Gasteiger partial charge in [-0.3, -0.25) is 34.2 Å². The molecule has 210 valence electrons. The zero-order valence-corrected chi connectivity index (χ0v) is 23.7. The molecular formula is C27H21BrN4O8S. The van der Waals surface area contributed by atoms with Crippen molar-refractivity contribution in [3.8, 4) is 11.5 Å². The second kappa shape index (κ2) is 13.1. The summed E-state index contributed by atoms with van der Waals surface area (Å²) in [4.78, 5) is 61.4. The lowest BCUT2D eigenvalue weighted by atomic mass is 10.2. The van der Waals surface area contributed by atoms with E-state index in [9.17, 15) is 29.3 Å². The Morgan fingerprint density at radius 3 is 2.54 bits per heavy atom. The van der Waals surface area contributed by atoms with Gasteiger partial charge in [-0.15, -0.1) is 0 Å². The number of imide groups is 1. The van der Waals surface area contributed by atoms with Crippen molar-refractivity contribution in [2.45, 2.75) is 0 Å². The van der Waals surface area contributed by atoms with Crippen molar-refractivity contribution in [1.82, 2.24) is 4.90 Å². The van der Waals surface area contributed by atoms with Crippen molar-refractivity contribution in [3.63, 3.8) is 0 Å². The largest absolute Gasteiger partial charge is 0.493 e. The Morgan fingerprint density at radius 1 is 1.02 bits per heavy atom. The molecule has 3 aromatic rings. The molecule has 1 saturated heterocycles. The van der Waals surface area contributed by atoms with Gasteiger partial charge in [0, 0.05) is 22.3 Å². The highest BCUT2D eigenvalue weighted by molar-refractivity contribution is 9.10. The predicted molar refractivity (Wildman–Crippen MR) is 156 cm³/mol. The van der Waals surface area contributed by atoms with E-state index in [1.165, 1.54) is 43.5 Å². The van der Waals surface area contributed by atoms with E-state index in [1.54, 1.807) is 36.4 Å². The smallest absolute Gasteiger partial charge is 0.294 e. The number of hydrogen-bond acceptors (Lipinski definition) is 9. The van der Waals surface area contributed by atoms with Crippen LogP contribution in [0.3, 0.4) is 0 Å². The maximum absolute atomic E-state index is 12.9. The molecule has 41 heavy (non-hydrogen) atoms. The zero-order chi connectivity index (χ0) is 29.5. The van der Waals surface area contributed by atoms with Crippen LogP contribution in [-0.2, 0) is 14.4 Å². The summed E-state index contributed by atoms with van der Waals surface area (Å²) in [7, 11) is 1.40. The molecule has 2 N–H and O–H groups in total. The maximum atomic E-state index is 12.9. The average Bonchev–Trinajstić information content (AvgIpc) is 3.20. The number of ether oxygens (including phenoxy) is 2. The fourth-order valence-corrected chi connectivity index (χ4v) is 4.84. The third-order valence-corrected chi connectivity index (χ3v) is 7.11. The highest BCUT2D eigenvalue weighted by Crippen LogP contribution is 2.34. The van der Waals surface area contributed by atoms with Gasteiger partial charge >= 0.3 is 0 Å². The average molecular weight is 641 g/mol. The predicted octanol–water partition coefficient (Wildman–Crippen LogP) is 5.06. The van der Waals surface area contributed by atoms with E-state index >= 15 is 0 Å². The van der Waals surface area contributed by atoms with Gasteiger partial charge in [-0.25, -0.2) is 0 Å². The molecular weight excluding hydrogens is 620 g/mol. The van der Waals surface area contributed by atoms with Gasteiger partial charge in [-0.1, -0.05) is 24.3 Å². The van der Waals surface area contributed by atoms with E-state index in [-0.39, 0.29) is 27.8 Å². The van der Waals surface area contributed by atoms with Crippen LogP contribution in [0.1, 0.15) is 5.56 Å². The Kier molecular flexibility index (Phi) is 9.37. The normalized spacial score (nSPS) is 13.7. The Labute approximate surface area is 246 Å². The van der Waals surface area contributed by atoms with Gasteiger partial charge in [0.25, 0.3) is 22.7 Å². The number of carbonyl (C=O) groups is 4. The van der Waals surface area contributed by atoms with Gasteiger partial charge in [0.2, 0.25) is 5.91 Å². The molecule has 0 radical (unpaired) electrons. The van der Waals surface area contributed by atoms with Gasteiger partial charge < -0.3 is 20.1 Å². The summed E-state index contributed by atoms with van der Waals surface area (Å²) in [6, 6.07) is 17.1. The number of carbonyl (C=O) groups excluding carboxylic acids is 4. The number of nitro benzene ring substituents is 1. The van der Waals surface area contributed by atoms with Crippen LogP contribution in [0.2, 0.25) is 0 Å². The number of amides is 4. The second-order valence-corrected chi connectivity index (χ2v) is 10.2. The molecule has 1 aliphatic rings. The molecule has 14 heteroatoms. The van der Waals surface area contributed by atoms with Crippen LogP contribution in [0.5, 0.6) is 11.5 Å². The number of hydrogen-bond donors (Lipinski definition) is 2. The van der Waals surface area contributed by atoms with Gasteiger partial charge in [0.05, 0.1) is 22.6 Å². The molecule has 0 aromatic heterocycles.